The van der Waals surface area contributed by atoms with E-state index < -0.39 is 6.85 Å². The molecule has 6 aromatic rings. The Morgan fingerprint density at radius 1 is 0.950 bits per heavy atom. The molecule has 3 heterocycles. The molecule has 1 radical (unpaired) electrons. The number of hydrogen-bond acceptors (Lipinski definition) is 3. The molecule has 0 saturated heterocycles. The van der Waals surface area contributed by atoms with Crippen LogP contribution >= 0.6 is 11.3 Å². The van der Waals surface area contributed by atoms with E-state index in [-0.39, 0.29) is 44.4 Å². The van der Waals surface area contributed by atoms with Crippen LogP contribution in [0.1, 0.15) is 64.3 Å². The van der Waals surface area contributed by atoms with Crippen LogP contribution in [0.3, 0.4) is 0 Å². The van der Waals surface area contributed by atoms with E-state index in [1.54, 1.807) is 29.5 Å². The van der Waals surface area contributed by atoms with Gasteiger partial charge in [0.1, 0.15) is 0 Å². The third-order valence-electron chi connectivity index (χ3n) is 6.88. The molecule has 0 spiro atoms. The summed E-state index contributed by atoms with van der Waals surface area (Å²) in [5.74, 6) is 0.646. The fraction of sp³-hybridized carbons (Fsp3) is 0.222. The van der Waals surface area contributed by atoms with Crippen LogP contribution in [0.5, 0.6) is 0 Å². The van der Waals surface area contributed by atoms with Crippen molar-refractivity contribution >= 4 is 31.5 Å². The molecule has 205 valence electrons. The molecule has 0 atom stereocenters. The zero-order chi connectivity index (χ0) is 32.8. The minimum absolute atomic E-state index is 0. The first-order chi connectivity index (χ1) is 22.0. The summed E-state index contributed by atoms with van der Waals surface area (Å²) < 4.78 is 52.9. The van der Waals surface area contributed by atoms with Crippen LogP contribution in [-0.4, -0.2) is 9.97 Å². The molecule has 0 unspecified atom stereocenters. The smallest absolute Gasteiger partial charge is 0.0840 e. The number of aryl methyl sites for hydroxylation is 2. The summed E-state index contributed by atoms with van der Waals surface area (Å²) in [6.07, 6.45) is 9.37. The molecular weight excluding hydrogens is 685 g/mol. The van der Waals surface area contributed by atoms with Crippen molar-refractivity contribution in [1.29, 1.82) is 0 Å². The summed E-state index contributed by atoms with van der Waals surface area (Å²) in [6, 6.07) is 27.4. The molecule has 0 bridgehead atoms. The second kappa shape index (κ2) is 15.0. The summed E-state index contributed by atoms with van der Waals surface area (Å²) in [4.78, 5) is 8.02. The molecule has 1 saturated carbocycles. The average Bonchev–Trinajstić information content (AvgIpc) is 3.45. The molecule has 40 heavy (non-hydrogen) atoms. The van der Waals surface area contributed by atoms with Gasteiger partial charge in [-0.15, -0.1) is 40.8 Å². The van der Waals surface area contributed by atoms with Gasteiger partial charge in [-0.05, 0) is 55.1 Å². The second-order valence-electron chi connectivity index (χ2n) is 9.53. The van der Waals surface area contributed by atoms with E-state index in [9.17, 15) is 0 Å². The monoisotopic (exact) mass is 726 g/mol. The summed E-state index contributed by atoms with van der Waals surface area (Å²) in [5.41, 5.74) is 4.66. The van der Waals surface area contributed by atoms with Gasteiger partial charge < -0.3 is 4.98 Å². The molecule has 0 aliphatic heterocycles. The fourth-order valence-corrected chi connectivity index (χ4v) is 6.01. The van der Waals surface area contributed by atoms with Gasteiger partial charge in [0.15, 0.2) is 0 Å². The molecule has 1 aliphatic rings. The van der Waals surface area contributed by atoms with E-state index in [1.807, 2.05) is 18.3 Å². The Bertz CT molecular complexity index is 1860. The van der Waals surface area contributed by atoms with Crippen molar-refractivity contribution in [2.24, 2.45) is 0 Å². The summed E-state index contributed by atoms with van der Waals surface area (Å²) in [5, 5.41) is 2.67. The van der Waals surface area contributed by atoms with E-state index >= 15 is 0 Å². The third-order valence-corrected chi connectivity index (χ3v) is 7.99. The molecule has 3 aromatic heterocycles. The Kier molecular flexibility index (Phi) is 8.08. The van der Waals surface area contributed by atoms with Crippen molar-refractivity contribution in [3.8, 4) is 11.3 Å². The SMILES string of the molecule is [2H]C([2H])([2H])c1c[c-]c(-c2cc(C)c(C3CCCCC3)cn2)cc1.[2H]c1cnc([2H])c([2H])c1[2H].[Ir].[c-]1cccc2c1sc1ccccc12. The number of hydrogen-bond donors (Lipinski definition) is 0. The van der Waals surface area contributed by atoms with Gasteiger partial charge >= 0.3 is 0 Å². The molecule has 4 heteroatoms. The molecule has 1 fully saturated rings. The van der Waals surface area contributed by atoms with Crippen molar-refractivity contribution in [3.05, 3.63) is 132 Å². The summed E-state index contributed by atoms with van der Waals surface area (Å²) in [7, 11) is 0. The minimum atomic E-state index is -2.08. The van der Waals surface area contributed by atoms with Gasteiger partial charge in [0, 0.05) is 47.5 Å². The number of fused-ring (bicyclic) bond motifs is 3. The Hall–Kier alpha value is -3.17. The second-order valence-corrected chi connectivity index (χ2v) is 10.6. The maximum absolute atomic E-state index is 7.42. The summed E-state index contributed by atoms with van der Waals surface area (Å²) in [6.45, 7) is 0.0646. The number of benzene rings is 3. The Morgan fingerprint density at radius 3 is 2.58 bits per heavy atom. The quantitative estimate of drug-likeness (QED) is 0.166. The third kappa shape index (κ3) is 7.73. The van der Waals surface area contributed by atoms with E-state index in [2.05, 4.69) is 65.4 Å². The van der Waals surface area contributed by atoms with Gasteiger partial charge in [-0.25, -0.2) is 0 Å². The van der Waals surface area contributed by atoms with Gasteiger partial charge in [-0.3, -0.25) is 4.98 Å². The van der Waals surface area contributed by atoms with Crippen molar-refractivity contribution in [2.45, 2.75) is 51.8 Å². The van der Waals surface area contributed by atoms with Crippen LogP contribution in [0.25, 0.3) is 31.4 Å². The molecule has 2 nitrogen and oxygen atoms in total. The number of rotatable bonds is 2. The maximum Gasteiger partial charge on any atom is 0.0840 e. The van der Waals surface area contributed by atoms with Gasteiger partial charge in [0.05, 0.1) is 5.48 Å². The average molecular weight is 726 g/mol. The van der Waals surface area contributed by atoms with Gasteiger partial charge in [-0.1, -0.05) is 72.1 Å². The number of pyridine rings is 2. The fourth-order valence-electron chi connectivity index (χ4n) is 4.94. The minimum Gasteiger partial charge on any atom is -0.304 e. The zero-order valence-corrected chi connectivity index (χ0v) is 25.5. The van der Waals surface area contributed by atoms with E-state index in [4.69, 9.17) is 9.60 Å². The van der Waals surface area contributed by atoms with Crippen LogP contribution in [0, 0.1) is 25.9 Å². The molecule has 1 aliphatic carbocycles. The largest absolute Gasteiger partial charge is 0.304 e. The van der Waals surface area contributed by atoms with Crippen LogP contribution in [0.15, 0.2) is 103 Å². The molecular formula is C36H34IrN2S-2. The Morgan fingerprint density at radius 2 is 1.80 bits per heavy atom. The van der Waals surface area contributed by atoms with Crippen molar-refractivity contribution < 1.29 is 29.7 Å². The standard InChI is InChI=1S/C19H22N.C12H7S.C5H5N.Ir/c1-14-8-10-17(11-9-14)19-12-15(2)18(13-20-19)16-6-4-3-5-7-16;1-3-7-11-9(5-1)10-6-2-4-8-12(10)13-11;1-2-4-6-5-3-1;/h8-10,12-13,16H,3-7H2,1-2H3;1-7H;1-5H;/q2*-1;;/i1D3;;1D,2D,3D,4D;. The van der Waals surface area contributed by atoms with Crippen LogP contribution in [0.4, 0.5) is 0 Å². The predicted molar refractivity (Wildman–Crippen MR) is 166 cm³/mol. The topological polar surface area (TPSA) is 25.8 Å². The number of nitrogens with zero attached hydrogens (tertiary/aromatic N) is 2. The number of thiophene rings is 1. The summed E-state index contributed by atoms with van der Waals surface area (Å²) >= 11 is 1.81. The van der Waals surface area contributed by atoms with E-state index in [0.29, 0.717) is 11.5 Å². The van der Waals surface area contributed by atoms with Crippen LogP contribution in [0.2, 0.25) is 0 Å². The first-order valence-electron chi connectivity index (χ1n) is 16.7. The Labute approximate surface area is 265 Å². The molecule has 0 N–H and O–H groups in total. The van der Waals surface area contributed by atoms with E-state index in [0.717, 1.165) is 17.5 Å². The first kappa shape index (κ1) is 21.6. The Balaban J connectivity index is 0.000000175. The number of aromatic nitrogens is 2. The zero-order valence-electron chi connectivity index (χ0n) is 29.3. The van der Waals surface area contributed by atoms with Crippen LogP contribution < -0.4 is 0 Å². The van der Waals surface area contributed by atoms with Gasteiger partial charge in [-0.2, -0.15) is 35.6 Å². The van der Waals surface area contributed by atoms with Gasteiger partial charge in [0.2, 0.25) is 0 Å². The first-order valence-corrected chi connectivity index (χ1v) is 14.0. The predicted octanol–water partition coefficient (Wildman–Crippen LogP) is 10.1. The van der Waals surface area contributed by atoms with Crippen LogP contribution in [-0.2, 0) is 20.1 Å². The molecule has 7 rings (SSSR count). The molecule has 0 amide bonds. The normalized spacial score (nSPS) is 15.8. The maximum atomic E-state index is 7.42. The van der Waals surface area contributed by atoms with Crippen molar-refractivity contribution in [1.82, 2.24) is 9.97 Å². The van der Waals surface area contributed by atoms with Crippen molar-refractivity contribution in [3.63, 3.8) is 0 Å². The van der Waals surface area contributed by atoms with E-state index in [1.165, 1.54) is 63.4 Å². The molecule has 3 aromatic carbocycles. The van der Waals surface area contributed by atoms with Crippen molar-refractivity contribution in [2.75, 3.05) is 0 Å². The van der Waals surface area contributed by atoms with Gasteiger partial charge in [0.25, 0.3) is 0 Å².